The van der Waals surface area contributed by atoms with Crippen molar-refractivity contribution in [3.8, 4) is 0 Å². The minimum Gasteiger partial charge on any atom is -0.379 e. The van der Waals surface area contributed by atoms with Gasteiger partial charge in [-0.15, -0.1) is 0 Å². The third-order valence-electron chi connectivity index (χ3n) is 7.04. The fourth-order valence-electron chi connectivity index (χ4n) is 5.24. The fourth-order valence-corrected chi connectivity index (χ4v) is 5.24. The number of nitrogens with zero attached hydrogens (tertiary/aromatic N) is 1. The molecule has 1 saturated carbocycles. The van der Waals surface area contributed by atoms with Crippen LogP contribution in [0.15, 0.2) is 42.5 Å². The summed E-state index contributed by atoms with van der Waals surface area (Å²) in [6.07, 6.45) is -9.95. The van der Waals surface area contributed by atoms with Crippen LogP contribution >= 0.6 is 0 Å². The molecule has 1 aliphatic heterocycles. The summed E-state index contributed by atoms with van der Waals surface area (Å²) in [5.41, 5.74) is -2.08. The summed E-state index contributed by atoms with van der Waals surface area (Å²) in [5, 5.41) is 0. The van der Waals surface area contributed by atoms with E-state index in [9.17, 15) is 30.7 Å². The monoisotopic (exact) mass is 519 g/mol. The van der Waals surface area contributed by atoms with Crippen LogP contribution in [0.25, 0.3) is 0 Å². The quantitative estimate of drug-likeness (QED) is 0.391. The second kappa shape index (κ2) is 10.7. The Balaban J connectivity index is 1.59. The van der Waals surface area contributed by atoms with E-state index < -0.39 is 41.5 Å². The summed E-state index contributed by atoms with van der Waals surface area (Å²) < 4.78 is 105. The van der Waals surface area contributed by atoms with Crippen molar-refractivity contribution in [3.63, 3.8) is 0 Å². The van der Waals surface area contributed by atoms with Gasteiger partial charge in [0.2, 0.25) is 0 Å². The number of hydrogen-bond acceptors (Lipinski definition) is 3. The Labute approximate surface area is 205 Å². The average molecular weight is 520 g/mol. The number of halogens is 7. The first-order valence-electron chi connectivity index (χ1n) is 11.9. The van der Waals surface area contributed by atoms with Crippen LogP contribution in [0.5, 0.6) is 0 Å². The standard InChI is InChI=1S/C26H28F7NO2/c1-16(19-12-20(25(28,29)30)14-21(13-19)26(31,32)33)36-23-7-4-18(15-34-8-10-35-11-9-34)24(23)17-2-5-22(27)6-3-17/h2-3,5-6,12-14,16,18,23-24H,4,7-11,15H2,1H3/t16-,18+,23+,24+/m1/s1. The maximum atomic E-state index is 13.6. The summed E-state index contributed by atoms with van der Waals surface area (Å²) in [7, 11) is 0. The number of morpholine rings is 1. The normalized spacial score (nSPS) is 24.7. The molecule has 2 aliphatic rings. The lowest BCUT2D eigenvalue weighted by Crippen LogP contribution is -2.40. The Morgan fingerprint density at radius 3 is 2.06 bits per heavy atom. The summed E-state index contributed by atoms with van der Waals surface area (Å²) >= 11 is 0. The van der Waals surface area contributed by atoms with Crippen molar-refractivity contribution < 1.29 is 40.2 Å². The van der Waals surface area contributed by atoms with Gasteiger partial charge in [-0.3, -0.25) is 4.90 Å². The molecule has 4 rings (SSSR count). The fraction of sp³-hybridized carbons (Fsp3) is 0.538. The lowest BCUT2D eigenvalue weighted by molar-refractivity contribution is -0.143. The molecule has 0 N–H and O–H groups in total. The molecule has 0 amide bonds. The Bertz CT molecular complexity index is 984. The molecule has 0 spiro atoms. The first kappa shape index (κ1) is 26.9. The first-order valence-corrected chi connectivity index (χ1v) is 11.9. The van der Waals surface area contributed by atoms with Gasteiger partial charge in [-0.1, -0.05) is 12.1 Å². The SMILES string of the molecule is C[C@@H](O[C@H]1CC[C@@H](CN2CCOCC2)[C@@H]1c1ccc(F)cc1)c1cc(C(F)(F)F)cc(C(F)(F)F)c1. The van der Waals surface area contributed by atoms with Crippen LogP contribution in [0.3, 0.4) is 0 Å². The van der Waals surface area contributed by atoms with E-state index in [0.29, 0.717) is 31.8 Å². The molecule has 1 heterocycles. The smallest absolute Gasteiger partial charge is 0.379 e. The molecule has 1 saturated heterocycles. The average Bonchev–Trinajstić information content (AvgIpc) is 3.20. The molecule has 0 unspecified atom stereocenters. The molecule has 198 valence electrons. The number of hydrogen-bond donors (Lipinski definition) is 0. The Kier molecular flexibility index (Phi) is 7.97. The largest absolute Gasteiger partial charge is 0.416 e. The van der Waals surface area contributed by atoms with E-state index >= 15 is 0 Å². The highest BCUT2D eigenvalue weighted by Crippen LogP contribution is 2.45. The Hall–Kier alpha value is -2.17. The zero-order valence-corrected chi connectivity index (χ0v) is 19.7. The maximum absolute atomic E-state index is 13.6. The highest BCUT2D eigenvalue weighted by Gasteiger charge is 2.41. The van der Waals surface area contributed by atoms with Crippen molar-refractivity contribution in [2.45, 2.75) is 50.2 Å². The van der Waals surface area contributed by atoms with Gasteiger partial charge in [0, 0.05) is 25.6 Å². The van der Waals surface area contributed by atoms with E-state index in [1.54, 1.807) is 12.1 Å². The molecule has 2 aromatic carbocycles. The van der Waals surface area contributed by atoms with Crippen LogP contribution in [0.4, 0.5) is 30.7 Å². The van der Waals surface area contributed by atoms with Gasteiger partial charge in [0.05, 0.1) is 36.5 Å². The third-order valence-corrected chi connectivity index (χ3v) is 7.04. The molecular weight excluding hydrogens is 491 g/mol. The maximum Gasteiger partial charge on any atom is 0.416 e. The predicted octanol–water partition coefficient (Wildman–Crippen LogP) is 6.84. The number of benzene rings is 2. The van der Waals surface area contributed by atoms with Gasteiger partial charge in [-0.2, -0.15) is 26.3 Å². The van der Waals surface area contributed by atoms with E-state index in [1.807, 2.05) is 0 Å². The summed E-state index contributed by atoms with van der Waals surface area (Å²) in [6, 6.07) is 7.59. The van der Waals surface area contributed by atoms with Gasteiger partial charge in [-0.25, -0.2) is 4.39 Å². The topological polar surface area (TPSA) is 21.7 Å². The van der Waals surface area contributed by atoms with Gasteiger partial charge in [0.25, 0.3) is 0 Å². The van der Waals surface area contributed by atoms with Crippen molar-refractivity contribution in [1.82, 2.24) is 4.90 Å². The second-order valence-electron chi connectivity index (χ2n) is 9.48. The van der Waals surface area contributed by atoms with Gasteiger partial charge in [-0.05, 0) is 67.1 Å². The molecule has 0 radical (unpaired) electrons. The van der Waals surface area contributed by atoms with Crippen LogP contribution in [0, 0.1) is 11.7 Å². The molecular formula is C26H28F7NO2. The van der Waals surface area contributed by atoms with E-state index in [0.717, 1.165) is 31.6 Å². The molecule has 0 aromatic heterocycles. The Morgan fingerprint density at radius 1 is 0.917 bits per heavy atom. The zero-order valence-electron chi connectivity index (χ0n) is 19.7. The van der Waals surface area contributed by atoms with Gasteiger partial charge >= 0.3 is 12.4 Å². The third kappa shape index (κ3) is 6.39. The minimum atomic E-state index is -4.93. The van der Waals surface area contributed by atoms with Crippen LogP contribution in [0.2, 0.25) is 0 Å². The van der Waals surface area contributed by atoms with E-state index in [4.69, 9.17) is 9.47 Å². The lowest BCUT2D eigenvalue weighted by atomic mass is 9.87. The van der Waals surface area contributed by atoms with Gasteiger partial charge in [0.1, 0.15) is 5.82 Å². The van der Waals surface area contributed by atoms with Crippen molar-refractivity contribution in [2.24, 2.45) is 5.92 Å². The molecule has 1 aliphatic carbocycles. The Morgan fingerprint density at radius 2 is 1.50 bits per heavy atom. The molecule has 10 heteroatoms. The molecule has 4 atom stereocenters. The molecule has 2 aromatic rings. The molecule has 36 heavy (non-hydrogen) atoms. The first-order chi connectivity index (χ1) is 16.9. The number of rotatable bonds is 6. The van der Waals surface area contributed by atoms with E-state index in [2.05, 4.69) is 4.90 Å². The van der Waals surface area contributed by atoms with E-state index in [1.165, 1.54) is 19.1 Å². The molecule has 2 fully saturated rings. The van der Waals surface area contributed by atoms with Crippen molar-refractivity contribution in [3.05, 3.63) is 70.5 Å². The zero-order chi connectivity index (χ0) is 26.1. The summed E-state index contributed by atoms with van der Waals surface area (Å²) in [4.78, 5) is 2.28. The van der Waals surface area contributed by atoms with Crippen molar-refractivity contribution in [1.29, 1.82) is 0 Å². The second-order valence-corrected chi connectivity index (χ2v) is 9.48. The van der Waals surface area contributed by atoms with E-state index in [-0.39, 0.29) is 23.5 Å². The minimum absolute atomic E-state index is 0.117. The van der Waals surface area contributed by atoms with Gasteiger partial charge < -0.3 is 9.47 Å². The summed E-state index contributed by atoms with van der Waals surface area (Å²) in [6.45, 7) is 5.02. The van der Waals surface area contributed by atoms with Crippen LogP contribution in [-0.2, 0) is 21.8 Å². The number of ether oxygens (including phenoxy) is 2. The van der Waals surface area contributed by atoms with Crippen molar-refractivity contribution >= 4 is 0 Å². The highest BCUT2D eigenvalue weighted by molar-refractivity contribution is 5.35. The van der Waals surface area contributed by atoms with Crippen LogP contribution in [-0.4, -0.2) is 43.9 Å². The highest BCUT2D eigenvalue weighted by atomic mass is 19.4. The molecule has 3 nitrogen and oxygen atoms in total. The number of alkyl halides is 6. The predicted molar refractivity (Wildman–Crippen MR) is 119 cm³/mol. The van der Waals surface area contributed by atoms with Crippen LogP contribution in [0.1, 0.15) is 54.0 Å². The summed E-state index contributed by atoms with van der Waals surface area (Å²) in [5.74, 6) is -0.433. The van der Waals surface area contributed by atoms with Gasteiger partial charge in [0.15, 0.2) is 0 Å². The molecule has 0 bridgehead atoms. The lowest BCUT2D eigenvalue weighted by Gasteiger charge is -2.33. The van der Waals surface area contributed by atoms with Crippen molar-refractivity contribution in [2.75, 3.05) is 32.8 Å². The van der Waals surface area contributed by atoms with Crippen LogP contribution < -0.4 is 0 Å².